The van der Waals surface area contributed by atoms with Gasteiger partial charge in [-0.1, -0.05) is 6.92 Å². The van der Waals surface area contributed by atoms with Gasteiger partial charge in [0.15, 0.2) is 0 Å². The molecular formula is C15H21NO2. The lowest BCUT2D eigenvalue weighted by molar-refractivity contribution is 0.189. The summed E-state index contributed by atoms with van der Waals surface area (Å²) in [6.07, 6.45) is 3.65. The maximum atomic E-state index is 5.71. The van der Waals surface area contributed by atoms with Crippen LogP contribution in [0, 0.1) is 5.92 Å². The van der Waals surface area contributed by atoms with Crippen LogP contribution in [0.4, 0.5) is 0 Å². The van der Waals surface area contributed by atoms with Crippen molar-refractivity contribution in [2.75, 3.05) is 13.7 Å². The van der Waals surface area contributed by atoms with Crippen LogP contribution in [0.2, 0.25) is 0 Å². The van der Waals surface area contributed by atoms with Crippen LogP contribution in [0.25, 0.3) is 0 Å². The number of hydrogen-bond acceptors (Lipinski definition) is 3. The molecule has 1 aliphatic heterocycles. The summed E-state index contributed by atoms with van der Waals surface area (Å²) in [5, 5.41) is 3.76. The quantitative estimate of drug-likeness (QED) is 0.891. The van der Waals surface area contributed by atoms with E-state index in [0.29, 0.717) is 12.1 Å². The van der Waals surface area contributed by atoms with E-state index in [2.05, 4.69) is 18.3 Å². The third-order valence-corrected chi connectivity index (χ3v) is 4.07. The van der Waals surface area contributed by atoms with Crippen LogP contribution in [0.15, 0.2) is 18.2 Å². The maximum absolute atomic E-state index is 5.71. The Morgan fingerprint density at radius 2 is 2.17 bits per heavy atom. The minimum Gasteiger partial charge on any atom is -0.497 e. The smallest absolute Gasteiger partial charge is 0.124 e. The molecule has 98 valence electrons. The highest BCUT2D eigenvalue weighted by molar-refractivity contribution is 5.43. The highest BCUT2D eigenvalue weighted by Crippen LogP contribution is 2.37. The van der Waals surface area contributed by atoms with E-state index in [9.17, 15) is 0 Å². The first-order valence-electron chi connectivity index (χ1n) is 6.83. The molecule has 1 heterocycles. The van der Waals surface area contributed by atoms with Gasteiger partial charge in [0.1, 0.15) is 11.5 Å². The number of ether oxygens (including phenoxy) is 2. The van der Waals surface area contributed by atoms with Crippen LogP contribution in [0.3, 0.4) is 0 Å². The van der Waals surface area contributed by atoms with Crippen LogP contribution in [0.1, 0.15) is 37.8 Å². The summed E-state index contributed by atoms with van der Waals surface area (Å²) in [5.74, 6) is 2.80. The van der Waals surface area contributed by atoms with E-state index in [4.69, 9.17) is 9.47 Å². The Bertz CT molecular complexity index is 427. The molecule has 1 aromatic rings. The predicted octanol–water partition coefficient (Wildman–Crippen LogP) is 2.91. The van der Waals surface area contributed by atoms with Crippen molar-refractivity contribution >= 4 is 0 Å². The number of rotatable bonds is 3. The van der Waals surface area contributed by atoms with E-state index < -0.39 is 0 Å². The lowest BCUT2D eigenvalue weighted by Gasteiger charge is -2.38. The lowest BCUT2D eigenvalue weighted by atomic mass is 9.81. The number of methoxy groups -OCH3 is 1. The summed E-state index contributed by atoms with van der Waals surface area (Å²) in [5.41, 5.74) is 1.25. The summed E-state index contributed by atoms with van der Waals surface area (Å²) >= 11 is 0. The van der Waals surface area contributed by atoms with E-state index in [-0.39, 0.29) is 0 Å². The fourth-order valence-electron chi connectivity index (χ4n) is 3.00. The minimum atomic E-state index is 0.418. The second-order valence-corrected chi connectivity index (χ2v) is 5.53. The Hall–Kier alpha value is -1.22. The molecule has 1 N–H and O–H groups in total. The average Bonchev–Trinajstić information content (AvgIpc) is 2.37. The molecule has 1 aromatic carbocycles. The molecule has 2 aliphatic rings. The van der Waals surface area contributed by atoms with Crippen LogP contribution >= 0.6 is 0 Å². The molecule has 3 nitrogen and oxygen atoms in total. The van der Waals surface area contributed by atoms with Crippen molar-refractivity contribution in [1.29, 1.82) is 0 Å². The van der Waals surface area contributed by atoms with Gasteiger partial charge in [-0.15, -0.1) is 0 Å². The highest BCUT2D eigenvalue weighted by atomic mass is 16.5. The fraction of sp³-hybridized carbons (Fsp3) is 0.600. The Balaban J connectivity index is 1.77. The van der Waals surface area contributed by atoms with E-state index >= 15 is 0 Å². The van der Waals surface area contributed by atoms with Crippen LogP contribution in [0.5, 0.6) is 11.5 Å². The summed E-state index contributed by atoms with van der Waals surface area (Å²) in [6, 6.07) is 7.19. The van der Waals surface area contributed by atoms with Gasteiger partial charge in [-0.2, -0.15) is 0 Å². The molecule has 1 atom stereocenters. The third kappa shape index (κ3) is 2.19. The van der Waals surface area contributed by atoms with E-state index in [0.717, 1.165) is 30.4 Å². The Kier molecular flexibility index (Phi) is 3.16. The molecule has 0 amide bonds. The molecule has 3 heteroatoms. The molecule has 18 heavy (non-hydrogen) atoms. The number of nitrogens with one attached hydrogen (secondary N) is 1. The van der Waals surface area contributed by atoms with Crippen LogP contribution < -0.4 is 14.8 Å². The van der Waals surface area contributed by atoms with Gasteiger partial charge in [0.05, 0.1) is 13.7 Å². The Labute approximate surface area is 108 Å². The minimum absolute atomic E-state index is 0.418. The van der Waals surface area contributed by atoms with E-state index in [1.807, 2.05) is 12.1 Å². The molecular weight excluding hydrogens is 226 g/mol. The van der Waals surface area contributed by atoms with Gasteiger partial charge in [0.2, 0.25) is 0 Å². The van der Waals surface area contributed by atoms with Crippen LogP contribution in [-0.2, 0) is 0 Å². The first kappa shape index (κ1) is 11.8. The summed E-state index contributed by atoms with van der Waals surface area (Å²) in [7, 11) is 1.71. The monoisotopic (exact) mass is 247 g/mol. The molecule has 0 radical (unpaired) electrons. The molecule has 0 bridgehead atoms. The lowest BCUT2D eigenvalue weighted by Crippen LogP contribution is -2.43. The number of benzene rings is 1. The second kappa shape index (κ2) is 4.81. The van der Waals surface area contributed by atoms with Gasteiger partial charge < -0.3 is 14.8 Å². The second-order valence-electron chi connectivity index (χ2n) is 5.53. The van der Waals surface area contributed by atoms with Crippen molar-refractivity contribution in [3.8, 4) is 11.5 Å². The number of hydrogen-bond donors (Lipinski definition) is 1. The molecule has 1 saturated carbocycles. The van der Waals surface area contributed by atoms with Crippen molar-refractivity contribution in [3.63, 3.8) is 0 Å². The first-order chi connectivity index (χ1) is 8.76. The zero-order chi connectivity index (χ0) is 12.5. The van der Waals surface area contributed by atoms with Crippen molar-refractivity contribution in [1.82, 2.24) is 5.32 Å². The first-order valence-corrected chi connectivity index (χ1v) is 6.83. The number of fused-ring (bicyclic) bond motifs is 1. The summed E-state index contributed by atoms with van der Waals surface area (Å²) in [4.78, 5) is 0. The predicted molar refractivity (Wildman–Crippen MR) is 71.2 cm³/mol. The Morgan fingerprint density at radius 1 is 1.33 bits per heavy atom. The van der Waals surface area contributed by atoms with Gasteiger partial charge >= 0.3 is 0 Å². The molecule has 0 spiro atoms. The molecule has 1 unspecified atom stereocenters. The van der Waals surface area contributed by atoms with Crippen molar-refractivity contribution in [2.45, 2.75) is 38.3 Å². The van der Waals surface area contributed by atoms with Gasteiger partial charge in [-0.05, 0) is 37.0 Å². The van der Waals surface area contributed by atoms with Crippen LogP contribution in [-0.4, -0.2) is 19.8 Å². The fourth-order valence-corrected chi connectivity index (χ4v) is 3.00. The van der Waals surface area contributed by atoms with Crippen molar-refractivity contribution in [2.24, 2.45) is 5.92 Å². The van der Waals surface area contributed by atoms with Gasteiger partial charge in [-0.3, -0.25) is 0 Å². The molecule has 1 fully saturated rings. The Morgan fingerprint density at radius 3 is 2.89 bits per heavy atom. The largest absolute Gasteiger partial charge is 0.497 e. The zero-order valence-corrected chi connectivity index (χ0v) is 11.1. The van der Waals surface area contributed by atoms with Gasteiger partial charge in [-0.25, -0.2) is 0 Å². The van der Waals surface area contributed by atoms with Crippen molar-refractivity contribution < 1.29 is 9.47 Å². The molecule has 1 aliphatic carbocycles. The van der Waals surface area contributed by atoms with Gasteiger partial charge in [0, 0.05) is 24.1 Å². The van der Waals surface area contributed by atoms with Gasteiger partial charge in [0.25, 0.3) is 0 Å². The standard InChI is InChI=1S/C15H21NO2/c1-10-7-11(8-10)16-14-5-6-18-15-4-3-12(17-2)9-13(14)15/h3-4,9-11,14,16H,5-8H2,1-2H3. The topological polar surface area (TPSA) is 30.5 Å². The maximum Gasteiger partial charge on any atom is 0.124 e. The van der Waals surface area contributed by atoms with E-state index in [1.165, 1.54) is 18.4 Å². The summed E-state index contributed by atoms with van der Waals surface area (Å²) < 4.78 is 11.0. The summed E-state index contributed by atoms with van der Waals surface area (Å²) in [6.45, 7) is 3.12. The third-order valence-electron chi connectivity index (χ3n) is 4.07. The molecule has 0 aromatic heterocycles. The zero-order valence-electron chi connectivity index (χ0n) is 11.1. The normalized spacial score (nSPS) is 30.0. The SMILES string of the molecule is COc1ccc2c(c1)C(NC1CC(C)C1)CCO2. The highest BCUT2D eigenvalue weighted by Gasteiger charge is 2.30. The van der Waals surface area contributed by atoms with E-state index in [1.54, 1.807) is 7.11 Å². The molecule has 0 saturated heterocycles. The van der Waals surface area contributed by atoms with Crippen molar-refractivity contribution in [3.05, 3.63) is 23.8 Å². The molecule has 3 rings (SSSR count). The average molecular weight is 247 g/mol.